The van der Waals surface area contributed by atoms with Gasteiger partial charge >= 0.3 is 0 Å². The van der Waals surface area contributed by atoms with Gasteiger partial charge in [-0.3, -0.25) is 4.90 Å². The molecule has 0 spiro atoms. The summed E-state index contributed by atoms with van der Waals surface area (Å²) in [4.78, 5) is 3.25. The van der Waals surface area contributed by atoms with Crippen LogP contribution in [0.25, 0.3) is 0 Å². The lowest BCUT2D eigenvalue weighted by Crippen LogP contribution is -2.67. The Kier molecular flexibility index (Phi) is 7.37. The van der Waals surface area contributed by atoms with Gasteiger partial charge in [0.15, 0.2) is 0 Å². The summed E-state index contributed by atoms with van der Waals surface area (Å²) in [6.45, 7) is 0. The Morgan fingerprint density at radius 3 is 2.00 bits per heavy atom. The molecule has 12 atom stereocenters. The smallest absolute Gasteiger partial charge is 0.0792 e. The lowest BCUT2D eigenvalue weighted by Gasteiger charge is -2.56. The third-order valence-corrected chi connectivity index (χ3v) is 15.1. The molecule has 0 bridgehead atoms. The van der Waals surface area contributed by atoms with Gasteiger partial charge in [-0.05, 0) is 114 Å². The van der Waals surface area contributed by atoms with Gasteiger partial charge in [-0.1, -0.05) is 51.4 Å². The van der Waals surface area contributed by atoms with Crippen molar-refractivity contribution in [1.29, 1.82) is 0 Å². The molecule has 4 heterocycles. The summed E-state index contributed by atoms with van der Waals surface area (Å²) < 4.78 is 14.8. The lowest BCUT2D eigenvalue weighted by atomic mass is 9.71. The summed E-state index contributed by atoms with van der Waals surface area (Å²) in [7, 11) is 0. The molecule has 214 valence electrons. The number of likely N-dealkylation sites (tertiary alicyclic amines) is 1. The van der Waals surface area contributed by atoms with Gasteiger partial charge in [0.1, 0.15) is 0 Å². The van der Waals surface area contributed by atoms with Gasteiger partial charge in [0.05, 0.1) is 35.3 Å². The first kappa shape index (κ1) is 25.9. The van der Waals surface area contributed by atoms with Gasteiger partial charge in [-0.2, -0.15) is 0 Å². The van der Waals surface area contributed by atoms with Crippen LogP contribution < -0.4 is 0 Å². The van der Waals surface area contributed by atoms with Crippen molar-refractivity contribution in [3.63, 3.8) is 0 Å². The molecule has 4 aliphatic heterocycles. The molecule has 0 aromatic rings. The van der Waals surface area contributed by atoms with Crippen molar-refractivity contribution in [2.75, 3.05) is 0 Å². The van der Waals surface area contributed by atoms with Crippen molar-refractivity contribution in [2.24, 2.45) is 23.7 Å². The predicted octanol–water partition coefficient (Wildman–Crippen LogP) is 8.49. The van der Waals surface area contributed by atoms with Crippen molar-refractivity contribution < 1.29 is 9.47 Å². The van der Waals surface area contributed by atoms with E-state index in [-0.39, 0.29) is 5.54 Å². The maximum Gasteiger partial charge on any atom is 0.0792 e. The molecule has 4 heteroatoms. The van der Waals surface area contributed by atoms with Crippen LogP contribution in [0.5, 0.6) is 0 Å². The molecule has 0 aromatic carbocycles. The van der Waals surface area contributed by atoms with Crippen molar-refractivity contribution in [1.82, 2.24) is 4.90 Å². The molecule has 0 radical (unpaired) electrons. The largest absolute Gasteiger partial charge is 0.373 e. The summed E-state index contributed by atoms with van der Waals surface area (Å²) in [5, 5.41) is 1.63. The maximum absolute atomic E-state index is 7.45. The van der Waals surface area contributed by atoms with E-state index in [9.17, 15) is 0 Å². The molecule has 0 amide bonds. The fourth-order valence-corrected chi connectivity index (χ4v) is 13.6. The minimum Gasteiger partial charge on any atom is -0.373 e. The van der Waals surface area contributed by atoms with Crippen LogP contribution in [0.1, 0.15) is 141 Å². The average Bonchev–Trinajstić information content (AvgIpc) is 3.57. The first-order valence-electron chi connectivity index (χ1n) is 17.5. The van der Waals surface area contributed by atoms with Crippen LogP contribution >= 0.6 is 11.8 Å². The Bertz CT molecular complexity index is 823. The second-order valence-corrected chi connectivity index (χ2v) is 16.6. The monoisotopic (exact) mass is 541 g/mol. The molecule has 12 unspecified atom stereocenters. The van der Waals surface area contributed by atoms with Gasteiger partial charge in [-0.15, -0.1) is 11.8 Å². The molecular weight excluding hydrogens is 486 g/mol. The maximum atomic E-state index is 7.45. The van der Waals surface area contributed by atoms with Crippen molar-refractivity contribution in [3.8, 4) is 0 Å². The van der Waals surface area contributed by atoms with E-state index in [4.69, 9.17) is 9.47 Å². The molecule has 8 fully saturated rings. The Balaban J connectivity index is 1.17. The van der Waals surface area contributed by atoms with Crippen LogP contribution in [0.15, 0.2) is 0 Å². The molecule has 38 heavy (non-hydrogen) atoms. The van der Waals surface area contributed by atoms with E-state index in [1.807, 2.05) is 0 Å². The topological polar surface area (TPSA) is 21.7 Å². The van der Waals surface area contributed by atoms with Gasteiger partial charge in [0.25, 0.3) is 0 Å². The van der Waals surface area contributed by atoms with Gasteiger partial charge in [0, 0.05) is 11.3 Å². The molecule has 0 aromatic heterocycles. The summed E-state index contributed by atoms with van der Waals surface area (Å²) in [6, 6.07) is 0.792. The van der Waals surface area contributed by atoms with Crippen LogP contribution in [-0.4, -0.2) is 51.5 Å². The molecule has 8 aliphatic rings. The zero-order valence-electron chi connectivity index (χ0n) is 24.1. The number of fused-ring (bicyclic) bond motifs is 4. The number of rotatable bonds is 3. The molecule has 0 N–H and O–H groups in total. The van der Waals surface area contributed by atoms with E-state index in [0.717, 1.165) is 35.0 Å². The van der Waals surface area contributed by atoms with Gasteiger partial charge in [0.2, 0.25) is 0 Å². The highest BCUT2D eigenvalue weighted by atomic mass is 32.2. The van der Waals surface area contributed by atoms with Crippen LogP contribution in [0.4, 0.5) is 0 Å². The summed E-state index contributed by atoms with van der Waals surface area (Å²) >= 11 is 2.46. The van der Waals surface area contributed by atoms with E-state index in [1.54, 1.807) is 0 Å². The number of hydrogen-bond donors (Lipinski definition) is 0. The molecular formula is C34H55NO2S. The van der Waals surface area contributed by atoms with Crippen LogP contribution in [0.3, 0.4) is 0 Å². The highest BCUT2D eigenvalue weighted by Gasteiger charge is 2.65. The van der Waals surface area contributed by atoms with E-state index in [1.165, 1.54) is 141 Å². The normalized spacial score (nSPS) is 53.5. The second-order valence-electron chi connectivity index (χ2n) is 15.2. The highest BCUT2D eigenvalue weighted by molar-refractivity contribution is 8.00. The molecule has 4 aliphatic carbocycles. The van der Waals surface area contributed by atoms with Crippen LogP contribution in [0.2, 0.25) is 0 Å². The van der Waals surface area contributed by atoms with Crippen molar-refractivity contribution >= 4 is 11.8 Å². The number of hydrogen-bond acceptors (Lipinski definition) is 4. The third kappa shape index (κ3) is 4.39. The minimum atomic E-state index is 0.138. The zero-order valence-corrected chi connectivity index (χ0v) is 24.9. The third-order valence-electron chi connectivity index (χ3n) is 13.4. The quantitative estimate of drug-likeness (QED) is 0.357. The first-order chi connectivity index (χ1) is 18.8. The SMILES string of the molecule is C1CCC2OC(C3(C4CC5CCCCC5O4)CC4CCCCC4N3C3CCC4CCCCC4S3)CCC2C1. The molecule has 4 saturated carbocycles. The fourth-order valence-electron chi connectivity index (χ4n) is 11.6. The Labute approximate surface area is 237 Å². The highest BCUT2D eigenvalue weighted by Crippen LogP contribution is 2.59. The fraction of sp³-hybridized carbons (Fsp3) is 1.00. The number of thioether (sulfide) groups is 1. The van der Waals surface area contributed by atoms with Crippen LogP contribution in [0, 0.1) is 23.7 Å². The summed E-state index contributed by atoms with van der Waals surface area (Å²) in [5.41, 5.74) is 0.138. The molecule has 3 nitrogen and oxygen atoms in total. The number of nitrogens with zero attached hydrogens (tertiary/aromatic N) is 1. The zero-order chi connectivity index (χ0) is 25.1. The average molecular weight is 542 g/mol. The van der Waals surface area contributed by atoms with E-state index >= 15 is 0 Å². The van der Waals surface area contributed by atoms with Crippen molar-refractivity contribution in [2.45, 2.75) is 188 Å². The second kappa shape index (κ2) is 10.8. The molecule has 8 rings (SSSR count). The predicted molar refractivity (Wildman–Crippen MR) is 156 cm³/mol. The Morgan fingerprint density at radius 2 is 1.16 bits per heavy atom. The van der Waals surface area contributed by atoms with Gasteiger partial charge in [-0.25, -0.2) is 0 Å². The minimum absolute atomic E-state index is 0.138. The molecule has 4 saturated heterocycles. The van der Waals surface area contributed by atoms with E-state index < -0.39 is 0 Å². The summed E-state index contributed by atoms with van der Waals surface area (Å²) in [5.74, 6) is 3.55. The van der Waals surface area contributed by atoms with E-state index in [2.05, 4.69) is 16.7 Å². The van der Waals surface area contributed by atoms with Gasteiger partial charge < -0.3 is 9.47 Å². The standard InChI is InChI=1S/C34H55NO2S/c1-5-13-27-26(12-1)22-34(32-21-25-11-3-7-15-29(25)37-32,31-19-17-23-9-2-6-14-28(23)36-31)35(27)33-20-18-24-10-4-8-16-30(24)38-33/h23-33H,1-22H2. The first-order valence-corrected chi connectivity index (χ1v) is 18.5. The lowest BCUT2D eigenvalue weighted by molar-refractivity contribution is -0.192. The summed E-state index contributed by atoms with van der Waals surface area (Å²) in [6.07, 6.45) is 33.1. The van der Waals surface area contributed by atoms with Crippen LogP contribution in [-0.2, 0) is 9.47 Å². The van der Waals surface area contributed by atoms with E-state index in [0.29, 0.717) is 29.8 Å². The number of ether oxygens (including phenoxy) is 2. The Hall–Kier alpha value is 0.230. The van der Waals surface area contributed by atoms with Crippen molar-refractivity contribution in [3.05, 3.63) is 0 Å². The Morgan fingerprint density at radius 1 is 0.526 bits per heavy atom.